The molecule has 0 saturated carbocycles. The highest BCUT2D eigenvalue weighted by molar-refractivity contribution is 5.66. The molecule has 1 unspecified atom stereocenters. The molecule has 20 heavy (non-hydrogen) atoms. The van der Waals surface area contributed by atoms with Crippen LogP contribution < -0.4 is 5.32 Å². The maximum Gasteiger partial charge on any atom is 0.303 e. The van der Waals surface area contributed by atoms with Crippen LogP contribution in [0.25, 0.3) is 0 Å². The van der Waals surface area contributed by atoms with Gasteiger partial charge in [0.05, 0.1) is 4.92 Å². The van der Waals surface area contributed by atoms with Gasteiger partial charge in [0.1, 0.15) is 11.6 Å². The third-order valence-corrected chi connectivity index (χ3v) is 2.82. The van der Waals surface area contributed by atoms with Crippen LogP contribution in [0.5, 0.6) is 0 Å². The number of anilines is 1. The fourth-order valence-corrected chi connectivity index (χ4v) is 1.65. The van der Waals surface area contributed by atoms with Gasteiger partial charge in [0.2, 0.25) is 0 Å². The summed E-state index contributed by atoms with van der Waals surface area (Å²) >= 11 is 0. The van der Waals surface area contributed by atoms with Crippen LogP contribution >= 0.6 is 0 Å². The van der Waals surface area contributed by atoms with E-state index >= 15 is 0 Å². The predicted octanol–water partition coefficient (Wildman–Crippen LogP) is 2.38. The van der Waals surface area contributed by atoms with Crippen LogP contribution in [0.2, 0.25) is 0 Å². The van der Waals surface area contributed by atoms with E-state index in [4.69, 9.17) is 10.4 Å². The number of carbonyl (C=O) groups is 1. The van der Waals surface area contributed by atoms with E-state index in [9.17, 15) is 14.9 Å². The van der Waals surface area contributed by atoms with E-state index < -0.39 is 10.9 Å². The molecule has 2 N–H and O–H groups in total. The molecule has 0 spiro atoms. The van der Waals surface area contributed by atoms with Crippen LogP contribution in [0.1, 0.15) is 25.3 Å². The molecule has 0 aromatic heterocycles. The second kappa shape index (κ2) is 7.09. The molecule has 0 amide bonds. The second-order valence-electron chi connectivity index (χ2n) is 4.52. The first-order chi connectivity index (χ1) is 9.43. The predicted molar refractivity (Wildman–Crippen MR) is 72.3 cm³/mol. The number of nitrogens with zero attached hydrogens (tertiary/aromatic N) is 2. The van der Waals surface area contributed by atoms with Gasteiger partial charge in [-0.1, -0.05) is 6.92 Å². The van der Waals surface area contributed by atoms with Crippen molar-refractivity contribution in [3.63, 3.8) is 0 Å². The third kappa shape index (κ3) is 4.57. The minimum Gasteiger partial charge on any atom is -0.481 e. The van der Waals surface area contributed by atoms with Gasteiger partial charge in [-0.2, -0.15) is 5.26 Å². The summed E-state index contributed by atoms with van der Waals surface area (Å²) in [6.45, 7) is 2.41. The molecule has 0 aliphatic carbocycles. The highest BCUT2D eigenvalue weighted by Crippen LogP contribution is 2.22. The quantitative estimate of drug-likeness (QED) is 0.583. The van der Waals surface area contributed by atoms with E-state index in [0.717, 1.165) is 0 Å². The van der Waals surface area contributed by atoms with Crippen molar-refractivity contribution in [3.8, 4) is 6.07 Å². The number of nitriles is 1. The number of benzene rings is 1. The molecular weight excluding hydrogens is 262 g/mol. The van der Waals surface area contributed by atoms with E-state index in [-0.39, 0.29) is 23.6 Å². The molecule has 106 valence electrons. The molecule has 1 rings (SSSR count). The van der Waals surface area contributed by atoms with Crippen molar-refractivity contribution in [2.45, 2.75) is 19.8 Å². The van der Waals surface area contributed by atoms with Crippen LogP contribution in [0.4, 0.5) is 11.4 Å². The van der Waals surface area contributed by atoms with Crippen molar-refractivity contribution in [1.82, 2.24) is 0 Å². The van der Waals surface area contributed by atoms with Gasteiger partial charge in [0, 0.05) is 24.7 Å². The molecule has 1 atom stereocenters. The maximum absolute atomic E-state index is 10.8. The van der Waals surface area contributed by atoms with Crippen LogP contribution in [0.3, 0.4) is 0 Å². The van der Waals surface area contributed by atoms with Crippen LogP contribution in [0, 0.1) is 27.4 Å². The standard InChI is InChI=1S/C13H15N3O4/c1-9(2-5-13(17)18)8-15-11-4-3-10(7-14)12(6-11)16(19)20/h3-4,6,9,15H,2,5,8H2,1H3,(H,17,18). The van der Waals surface area contributed by atoms with Crippen molar-refractivity contribution in [3.05, 3.63) is 33.9 Å². The number of hydrogen-bond acceptors (Lipinski definition) is 5. The smallest absolute Gasteiger partial charge is 0.303 e. The molecule has 0 saturated heterocycles. The Morgan fingerprint density at radius 3 is 2.85 bits per heavy atom. The van der Waals surface area contributed by atoms with Crippen LogP contribution in [-0.2, 0) is 4.79 Å². The number of rotatable bonds is 7. The van der Waals surface area contributed by atoms with Crippen molar-refractivity contribution in [2.75, 3.05) is 11.9 Å². The number of nitro groups is 1. The van der Waals surface area contributed by atoms with Gasteiger partial charge in [-0.3, -0.25) is 14.9 Å². The summed E-state index contributed by atoms with van der Waals surface area (Å²) in [6, 6.07) is 6.06. The minimum atomic E-state index is -0.842. The molecule has 0 aliphatic heterocycles. The Morgan fingerprint density at radius 1 is 1.60 bits per heavy atom. The minimum absolute atomic E-state index is 0.0134. The summed E-state index contributed by atoms with van der Waals surface area (Å²) in [5.74, 6) is -0.716. The number of hydrogen-bond donors (Lipinski definition) is 2. The van der Waals surface area contributed by atoms with Crippen LogP contribution in [0.15, 0.2) is 18.2 Å². The molecule has 1 aromatic carbocycles. The number of nitro benzene ring substituents is 1. The molecule has 0 bridgehead atoms. The van der Waals surface area contributed by atoms with Crippen molar-refractivity contribution in [2.24, 2.45) is 5.92 Å². The molecular formula is C13H15N3O4. The summed E-state index contributed by atoms with van der Waals surface area (Å²) in [6.07, 6.45) is 0.622. The average molecular weight is 277 g/mol. The van der Waals surface area contributed by atoms with Gasteiger partial charge in [-0.25, -0.2) is 0 Å². The first-order valence-electron chi connectivity index (χ1n) is 6.08. The monoisotopic (exact) mass is 277 g/mol. The van der Waals surface area contributed by atoms with Gasteiger partial charge in [0.15, 0.2) is 0 Å². The lowest BCUT2D eigenvalue weighted by Crippen LogP contribution is -2.13. The Kier molecular flexibility index (Phi) is 5.47. The first kappa shape index (κ1) is 15.4. The Bertz CT molecular complexity index is 551. The first-order valence-corrected chi connectivity index (χ1v) is 6.08. The SMILES string of the molecule is CC(CCC(=O)O)CNc1ccc(C#N)c([N+](=O)[O-])c1. The molecule has 0 aliphatic rings. The zero-order valence-corrected chi connectivity index (χ0v) is 11.0. The zero-order chi connectivity index (χ0) is 15.1. The number of nitrogens with one attached hydrogen (secondary N) is 1. The summed E-state index contributed by atoms with van der Waals surface area (Å²) in [7, 11) is 0. The summed E-state index contributed by atoms with van der Waals surface area (Å²) in [5, 5.41) is 31.2. The summed E-state index contributed by atoms with van der Waals surface area (Å²) < 4.78 is 0. The van der Waals surface area contributed by atoms with Gasteiger partial charge in [-0.05, 0) is 24.5 Å². The highest BCUT2D eigenvalue weighted by atomic mass is 16.6. The Balaban J connectivity index is 2.65. The molecule has 0 heterocycles. The van der Waals surface area contributed by atoms with Crippen molar-refractivity contribution >= 4 is 17.3 Å². The van der Waals surface area contributed by atoms with Gasteiger partial charge < -0.3 is 10.4 Å². The zero-order valence-electron chi connectivity index (χ0n) is 11.0. The normalized spacial score (nSPS) is 11.4. The molecule has 0 fully saturated rings. The highest BCUT2D eigenvalue weighted by Gasteiger charge is 2.14. The average Bonchev–Trinajstić information content (AvgIpc) is 2.42. The Hall–Kier alpha value is -2.62. The van der Waals surface area contributed by atoms with Crippen molar-refractivity contribution in [1.29, 1.82) is 5.26 Å². The van der Waals surface area contributed by atoms with E-state index in [0.29, 0.717) is 18.7 Å². The number of carboxylic acids is 1. The lowest BCUT2D eigenvalue weighted by Gasteiger charge is -2.12. The molecule has 7 nitrogen and oxygen atoms in total. The maximum atomic E-state index is 10.8. The Morgan fingerprint density at radius 2 is 2.30 bits per heavy atom. The van der Waals surface area contributed by atoms with E-state index in [1.807, 2.05) is 6.92 Å². The van der Waals surface area contributed by atoms with Gasteiger partial charge >= 0.3 is 5.97 Å². The van der Waals surface area contributed by atoms with Gasteiger partial charge in [0.25, 0.3) is 5.69 Å². The summed E-state index contributed by atoms with van der Waals surface area (Å²) in [5.41, 5.74) is 0.313. The lowest BCUT2D eigenvalue weighted by molar-refractivity contribution is -0.385. The van der Waals surface area contributed by atoms with Crippen molar-refractivity contribution < 1.29 is 14.8 Å². The number of aliphatic carboxylic acids is 1. The summed E-state index contributed by atoms with van der Waals surface area (Å²) in [4.78, 5) is 20.7. The molecule has 1 aromatic rings. The molecule has 0 radical (unpaired) electrons. The fourth-order valence-electron chi connectivity index (χ4n) is 1.65. The fraction of sp³-hybridized carbons (Fsp3) is 0.385. The largest absolute Gasteiger partial charge is 0.481 e. The Labute approximate surface area is 116 Å². The topological polar surface area (TPSA) is 116 Å². The van der Waals surface area contributed by atoms with E-state index in [1.54, 1.807) is 12.1 Å². The molecule has 7 heteroatoms. The van der Waals surface area contributed by atoms with Crippen LogP contribution in [-0.4, -0.2) is 22.5 Å². The second-order valence-corrected chi connectivity index (χ2v) is 4.52. The van der Waals surface area contributed by atoms with E-state index in [2.05, 4.69) is 5.32 Å². The van der Waals surface area contributed by atoms with Gasteiger partial charge in [-0.15, -0.1) is 0 Å². The number of carboxylic acid groups (broad SMARTS) is 1. The lowest BCUT2D eigenvalue weighted by atomic mass is 10.1. The third-order valence-electron chi connectivity index (χ3n) is 2.82. The van der Waals surface area contributed by atoms with E-state index in [1.165, 1.54) is 12.1 Å².